The van der Waals surface area contributed by atoms with Crippen LogP contribution in [0.3, 0.4) is 0 Å². The summed E-state index contributed by atoms with van der Waals surface area (Å²) in [6.07, 6.45) is -4.43. The average Bonchev–Trinajstić information content (AvgIpc) is 2.60. The van der Waals surface area contributed by atoms with Crippen molar-refractivity contribution in [3.8, 4) is 6.01 Å². The van der Waals surface area contributed by atoms with Crippen LogP contribution in [0, 0.1) is 0 Å². The molecule has 2 N–H and O–H groups in total. The Balaban J connectivity index is 2.07. The van der Waals surface area contributed by atoms with Crippen LogP contribution in [0.4, 0.5) is 13.2 Å². The van der Waals surface area contributed by atoms with Gasteiger partial charge in [-0.3, -0.25) is 14.6 Å². The number of nitrogens with zero attached hydrogens (tertiary/aromatic N) is 2. The number of nitrogens with one attached hydrogen (secondary N) is 2. The summed E-state index contributed by atoms with van der Waals surface area (Å²) in [5.74, 6) is -0.643. The van der Waals surface area contributed by atoms with Crippen LogP contribution in [0.5, 0.6) is 6.01 Å². The molecule has 0 aliphatic rings. The second-order valence-corrected chi connectivity index (χ2v) is 6.40. The highest BCUT2D eigenvalue weighted by Crippen LogP contribution is 2.29. The third kappa shape index (κ3) is 6.08. The molecule has 1 aromatic carbocycles. The van der Waals surface area contributed by atoms with Gasteiger partial charge in [-0.15, -0.1) is 0 Å². The molecule has 0 aliphatic carbocycles. The van der Waals surface area contributed by atoms with E-state index in [-0.39, 0.29) is 18.3 Å². The van der Waals surface area contributed by atoms with Gasteiger partial charge in [0.05, 0.1) is 11.6 Å². The van der Waals surface area contributed by atoms with E-state index in [0.717, 1.165) is 18.2 Å². The summed E-state index contributed by atoms with van der Waals surface area (Å²) >= 11 is 0. The molecule has 0 fully saturated rings. The maximum absolute atomic E-state index is 12.6. The Kier molecular flexibility index (Phi) is 6.79. The molecule has 7 nitrogen and oxygen atoms in total. The molecule has 0 saturated carbocycles. The molecule has 152 valence electrons. The summed E-state index contributed by atoms with van der Waals surface area (Å²) in [5, 5.41) is 2.60. The zero-order valence-electron chi connectivity index (χ0n) is 15.6. The smallest absolute Gasteiger partial charge is 0.416 e. The van der Waals surface area contributed by atoms with Crippen LogP contribution in [0.15, 0.2) is 35.1 Å². The maximum atomic E-state index is 12.6. The lowest BCUT2D eigenvalue weighted by molar-refractivity contribution is -0.137. The number of aromatic amines is 1. The summed E-state index contributed by atoms with van der Waals surface area (Å²) in [5.41, 5.74) is -0.997. The zero-order chi connectivity index (χ0) is 20.9. The van der Waals surface area contributed by atoms with Gasteiger partial charge in [0.2, 0.25) is 0 Å². The van der Waals surface area contributed by atoms with Crippen molar-refractivity contribution in [1.82, 2.24) is 20.2 Å². The molecule has 10 heteroatoms. The highest BCUT2D eigenvalue weighted by atomic mass is 19.4. The van der Waals surface area contributed by atoms with Gasteiger partial charge in [0.1, 0.15) is 12.3 Å². The van der Waals surface area contributed by atoms with E-state index < -0.39 is 29.2 Å². The van der Waals surface area contributed by atoms with Gasteiger partial charge in [-0.25, -0.2) is 0 Å². The van der Waals surface area contributed by atoms with E-state index in [4.69, 9.17) is 4.74 Å². The van der Waals surface area contributed by atoms with Crippen molar-refractivity contribution in [3.05, 3.63) is 57.5 Å². The summed E-state index contributed by atoms with van der Waals surface area (Å²) < 4.78 is 43.2. The van der Waals surface area contributed by atoms with Crippen LogP contribution in [0.1, 0.15) is 34.6 Å². The lowest BCUT2D eigenvalue weighted by Crippen LogP contribution is -2.29. The number of rotatable bonds is 7. The lowest BCUT2D eigenvalue weighted by Gasteiger charge is -2.15. The molecule has 1 amide bonds. The van der Waals surface area contributed by atoms with Crippen molar-refractivity contribution >= 4 is 5.91 Å². The fraction of sp³-hybridized carbons (Fsp3) is 0.389. The van der Waals surface area contributed by atoms with Crippen LogP contribution in [-0.2, 0) is 6.18 Å². The third-order valence-corrected chi connectivity index (χ3v) is 3.82. The molecule has 1 aromatic heterocycles. The average molecular weight is 398 g/mol. The second-order valence-electron chi connectivity index (χ2n) is 6.40. The van der Waals surface area contributed by atoms with Crippen LogP contribution in [0.2, 0.25) is 0 Å². The van der Waals surface area contributed by atoms with Crippen molar-refractivity contribution in [2.75, 3.05) is 27.2 Å². The predicted molar refractivity (Wildman–Crippen MR) is 96.2 cm³/mol. The van der Waals surface area contributed by atoms with Gasteiger partial charge in [-0.2, -0.15) is 18.2 Å². The molecular weight excluding hydrogens is 377 g/mol. The monoisotopic (exact) mass is 398 g/mol. The molecule has 0 spiro atoms. The molecule has 0 aliphatic heterocycles. The highest BCUT2D eigenvalue weighted by Gasteiger charge is 2.30. The normalized spacial score (nSPS) is 12.7. The molecular formula is C18H21F3N4O3. The molecule has 28 heavy (non-hydrogen) atoms. The number of ether oxygens (including phenoxy) is 1. The van der Waals surface area contributed by atoms with E-state index in [0.29, 0.717) is 12.1 Å². The largest absolute Gasteiger partial charge is 0.463 e. The Bertz CT molecular complexity index is 864. The topological polar surface area (TPSA) is 87.3 Å². The molecule has 1 unspecified atom stereocenters. The first kappa shape index (κ1) is 21.4. The van der Waals surface area contributed by atoms with Gasteiger partial charge < -0.3 is 15.0 Å². The first-order valence-electron chi connectivity index (χ1n) is 8.43. The number of carbonyl (C=O) groups is 1. The minimum Gasteiger partial charge on any atom is -0.463 e. The Morgan fingerprint density at radius 1 is 1.29 bits per heavy atom. The molecule has 1 atom stereocenters. The standard InChI is InChI=1S/C18H21F3N4O3/c1-11(12-4-6-13(7-5-12)18(19,20)21)22-16(27)14-10-15(26)24-17(23-14)28-9-8-25(2)3/h4-7,10-11H,8-9H2,1-3H3,(H,22,27)(H,23,24,26). The second kappa shape index (κ2) is 8.87. The van der Waals surface area contributed by atoms with E-state index in [1.165, 1.54) is 12.1 Å². The van der Waals surface area contributed by atoms with E-state index >= 15 is 0 Å². The van der Waals surface area contributed by atoms with Crippen molar-refractivity contribution in [1.29, 1.82) is 0 Å². The molecule has 0 saturated heterocycles. The van der Waals surface area contributed by atoms with E-state index in [9.17, 15) is 22.8 Å². The fourth-order valence-corrected chi connectivity index (χ4v) is 2.26. The summed E-state index contributed by atoms with van der Waals surface area (Å²) in [4.78, 5) is 32.3. The summed E-state index contributed by atoms with van der Waals surface area (Å²) in [7, 11) is 3.71. The minimum atomic E-state index is -4.43. The van der Waals surface area contributed by atoms with Crippen LogP contribution in [-0.4, -0.2) is 48.0 Å². The predicted octanol–water partition coefficient (Wildman–Crippen LogP) is 2.22. The van der Waals surface area contributed by atoms with Gasteiger partial charge in [-0.05, 0) is 38.7 Å². The third-order valence-electron chi connectivity index (χ3n) is 3.82. The highest BCUT2D eigenvalue weighted by molar-refractivity contribution is 5.92. The first-order valence-corrected chi connectivity index (χ1v) is 8.43. The van der Waals surface area contributed by atoms with Crippen LogP contribution >= 0.6 is 0 Å². The number of amides is 1. The number of likely N-dealkylation sites (N-methyl/N-ethyl adjacent to an activating group) is 1. The van der Waals surface area contributed by atoms with Gasteiger partial charge in [0, 0.05) is 12.6 Å². The van der Waals surface area contributed by atoms with Crippen LogP contribution < -0.4 is 15.6 Å². The Morgan fingerprint density at radius 3 is 2.50 bits per heavy atom. The van der Waals surface area contributed by atoms with E-state index in [1.54, 1.807) is 6.92 Å². The lowest BCUT2D eigenvalue weighted by atomic mass is 10.1. The minimum absolute atomic E-state index is 0.0818. The zero-order valence-corrected chi connectivity index (χ0v) is 15.6. The summed E-state index contributed by atoms with van der Waals surface area (Å²) in [6.45, 7) is 2.47. The maximum Gasteiger partial charge on any atom is 0.416 e. The van der Waals surface area contributed by atoms with E-state index in [1.807, 2.05) is 19.0 Å². The number of halogens is 3. The van der Waals surface area contributed by atoms with Crippen molar-refractivity contribution in [2.24, 2.45) is 0 Å². The van der Waals surface area contributed by atoms with Crippen molar-refractivity contribution in [2.45, 2.75) is 19.1 Å². The van der Waals surface area contributed by atoms with Gasteiger partial charge in [0.25, 0.3) is 17.5 Å². The Hall–Kier alpha value is -2.88. The number of H-pyrrole nitrogens is 1. The molecule has 0 bridgehead atoms. The number of carbonyl (C=O) groups excluding carboxylic acids is 1. The molecule has 1 heterocycles. The van der Waals surface area contributed by atoms with Crippen LogP contribution in [0.25, 0.3) is 0 Å². The Morgan fingerprint density at radius 2 is 1.93 bits per heavy atom. The SMILES string of the molecule is CC(NC(=O)c1cc(=O)[nH]c(OCCN(C)C)n1)c1ccc(C(F)(F)F)cc1. The summed E-state index contributed by atoms with van der Waals surface area (Å²) in [6, 6.07) is 4.81. The number of hydrogen-bond donors (Lipinski definition) is 2. The molecule has 0 radical (unpaired) electrons. The van der Waals surface area contributed by atoms with E-state index in [2.05, 4.69) is 15.3 Å². The number of aromatic nitrogens is 2. The molecule has 2 rings (SSSR count). The van der Waals surface area contributed by atoms with Gasteiger partial charge in [-0.1, -0.05) is 12.1 Å². The number of benzene rings is 1. The number of alkyl halides is 3. The van der Waals surface area contributed by atoms with Gasteiger partial charge >= 0.3 is 6.18 Å². The Labute approximate surface area is 159 Å². The fourth-order valence-electron chi connectivity index (χ4n) is 2.26. The number of hydrogen-bond acceptors (Lipinski definition) is 5. The quantitative estimate of drug-likeness (QED) is 0.747. The van der Waals surface area contributed by atoms with Crippen molar-refractivity contribution < 1.29 is 22.7 Å². The molecule has 2 aromatic rings. The van der Waals surface area contributed by atoms with Gasteiger partial charge in [0.15, 0.2) is 0 Å². The first-order chi connectivity index (χ1) is 13.1. The van der Waals surface area contributed by atoms with Crippen molar-refractivity contribution in [3.63, 3.8) is 0 Å².